The van der Waals surface area contributed by atoms with Crippen molar-refractivity contribution in [1.82, 2.24) is 9.55 Å². The maximum atomic E-state index is 13.1. The molecule has 7 nitrogen and oxygen atoms in total. The second-order valence-electron chi connectivity index (χ2n) is 4.36. The van der Waals surface area contributed by atoms with E-state index >= 15 is 0 Å². The van der Waals surface area contributed by atoms with Gasteiger partial charge in [-0.25, -0.2) is 9.18 Å². The van der Waals surface area contributed by atoms with E-state index in [2.05, 4.69) is 4.98 Å². The number of nitrogen functional groups attached to an aromatic ring is 1. The molecule has 0 saturated carbocycles. The van der Waals surface area contributed by atoms with E-state index in [1.807, 2.05) is 0 Å². The average molecular weight is 294 g/mol. The minimum Gasteiger partial charge on any atom is -0.393 e. The zero-order valence-electron chi connectivity index (χ0n) is 9.79. The van der Waals surface area contributed by atoms with Crippen LogP contribution in [0.15, 0.2) is 17.1 Å². The fourth-order valence-corrected chi connectivity index (χ4v) is 2.23. The highest BCUT2D eigenvalue weighted by Gasteiger charge is 2.59. The van der Waals surface area contributed by atoms with E-state index in [-0.39, 0.29) is 12.2 Å². The molecule has 106 valence electrons. The van der Waals surface area contributed by atoms with Gasteiger partial charge >= 0.3 is 5.69 Å². The summed E-state index contributed by atoms with van der Waals surface area (Å²) in [6.45, 7) is -2.02. The molecular formula is C10H13ClFN3O4. The van der Waals surface area contributed by atoms with Gasteiger partial charge in [0.1, 0.15) is 18.7 Å². The number of aliphatic hydroxyl groups excluding tert-OH is 1. The first-order chi connectivity index (χ1) is 8.85. The highest BCUT2D eigenvalue weighted by Crippen LogP contribution is 2.46. The Balaban J connectivity index is 2.37. The van der Waals surface area contributed by atoms with E-state index in [0.29, 0.717) is 0 Å². The smallest absolute Gasteiger partial charge is 0.351 e. The van der Waals surface area contributed by atoms with E-state index in [1.165, 1.54) is 12.3 Å². The Hall–Kier alpha value is -1.22. The number of alkyl halides is 2. The van der Waals surface area contributed by atoms with Crippen molar-refractivity contribution in [2.75, 3.05) is 19.0 Å². The van der Waals surface area contributed by atoms with Crippen LogP contribution < -0.4 is 11.4 Å². The lowest BCUT2D eigenvalue weighted by Crippen LogP contribution is -2.52. The molecule has 19 heavy (non-hydrogen) atoms. The van der Waals surface area contributed by atoms with E-state index in [4.69, 9.17) is 22.1 Å². The van der Waals surface area contributed by atoms with Gasteiger partial charge in [-0.1, -0.05) is 11.6 Å². The Bertz CT molecular complexity index is 532. The Morgan fingerprint density at radius 1 is 1.74 bits per heavy atom. The van der Waals surface area contributed by atoms with Gasteiger partial charge < -0.3 is 20.7 Å². The van der Waals surface area contributed by atoms with Crippen molar-refractivity contribution < 1.29 is 19.3 Å². The van der Waals surface area contributed by atoms with Crippen LogP contribution in [0, 0.1) is 0 Å². The zero-order chi connectivity index (χ0) is 14.3. The maximum absolute atomic E-state index is 13.1. The van der Waals surface area contributed by atoms with Gasteiger partial charge in [-0.05, 0) is 6.07 Å². The lowest BCUT2D eigenvalue weighted by Gasteiger charge is -2.31. The van der Waals surface area contributed by atoms with Gasteiger partial charge in [0.25, 0.3) is 0 Å². The first-order valence-corrected chi connectivity index (χ1v) is 5.83. The summed E-state index contributed by atoms with van der Waals surface area (Å²) in [5.41, 5.74) is 2.65. The molecule has 0 unspecified atom stereocenters. The van der Waals surface area contributed by atoms with Crippen molar-refractivity contribution in [3.63, 3.8) is 0 Å². The molecule has 1 saturated heterocycles. The predicted molar refractivity (Wildman–Crippen MR) is 64.2 cm³/mol. The van der Waals surface area contributed by atoms with Gasteiger partial charge in [0.2, 0.25) is 0 Å². The molecule has 1 aromatic heterocycles. The van der Waals surface area contributed by atoms with E-state index in [9.17, 15) is 19.4 Å². The van der Waals surface area contributed by atoms with Gasteiger partial charge in [-0.15, -0.1) is 0 Å². The third-order valence-corrected chi connectivity index (χ3v) is 3.64. The monoisotopic (exact) mass is 293 g/mol. The number of aliphatic hydroxyl groups is 2. The molecule has 2 rings (SSSR count). The lowest BCUT2D eigenvalue weighted by molar-refractivity contribution is -0.148. The average Bonchev–Trinajstić information content (AvgIpc) is 2.60. The molecule has 0 aromatic carbocycles. The summed E-state index contributed by atoms with van der Waals surface area (Å²) >= 11 is 5.79. The summed E-state index contributed by atoms with van der Waals surface area (Å²) in [6.07, 6.45) is -0.00979. The van der Waals surface area contributed by atoms with Gasteiger partial charge in [0.15, 0.2) is 10.7 Å². The highest BCUT2D eigenvalue weighted by molar-refractivity contribution is 6.23. The number of anilines is 1. The first-order valence-electron chi connectivity index (χ1n) is 5.46. The minimum atomic E-state index is -2.12. The summed E-state index contributed by atoms with van der Waals surface area (Å²) in [5, 5.41) is 17.0. The van der Waals surface area contributed by atoms with E-state index in [1.54, 1.807) is 0 Å². The van der Waals surface area contributed by atoms with Crippen LogP contribution in [-0.2, 0) is 4.74 Å². The molecule has 1 aromatic rings. The summed E-state index contributed by atoms with van der Waals surface area (Å²) in [5.74, 6) is 0.0271. The predicted octanol–water partition coefficient (Wildman–Crippen LogP) is -0.628. The van der Waals surface area contributed by atoms with E-state index in [0.717, 1.165) is 4.57 Å². The summed E-state index contributed by atoms with van der Waals surface area (Å²) in [6, 6.07) is 1.35. The molecule has 0 amide bonds. The standard InChI is InChI=1S/C10H13ClFN3O4/c11-10(18)3-7(19-9(10,4-12)5-16)15-2-1-6(13)14-8(15)17/h1-2,7,16,18H,3-5H2,(H2,13,14,17)/t7-,9-,10+/m1/s1. The normalized spacial score (nSPS) is 34.6. The SMILES string of the molecule is Nc1ccn([C@H]2C[C@@](O)(Cl)[C@](CO)(CF)O2)c(=O)n1. The molecular weight excluding hydrogens is 281 g/mol. The quantitative estimate of drug-likeness (QED) is 0.640. The fourth-order valence-electron chi connectivity index (χ4n) is 1.94. The van der Waals surface area contributed by atoms with Crippen LogP contribution in [0.3, 0.4) is 0 Å². The minimum absolute atomic E-state index is 0.0271. The second-order valence-corrected chi connectivity index (χ2v) is 4.99. The molecule has 1 fully saturated rings. The number of halogens is 2. The van der Waals surface area contributed by atoms with Crippen molar-refractivity contribution >= 4 is 17.4 Å². The Morgan fingerprint density at radius 3 is 2.89 bits per heavy atom. The number of ether oxygens (including phenoxy) is 1. The Kier molecular flexibility index (Phi) is 3.52. The van der Waals surface area contributed by atoms with Crippen LogP contribution in [0.25, 0.3) is 0 Å². The number of nitrogens with two attached hydrogens (primary N) is 1. The van der Waals surface area contributed by atoms with Gasteiger partial charge in [0.05, 0.1) is 6.61 Å². The van der Waals surface area contributed by atoms with Crippen LogP contribution in [0.1, 0.15) is 12.6 Å². The van der Waals surface area contributed by atoms with Crippen LogP contribution in [0.5, 0.6) is 0 Å². The topological polar surface area (TPSA) is 111 Å². The largest absolute Gasteiger partial charge is 0.393 e. The molecule has 9 heteroatoms. The fraction of sp³-hybridized carbons (Fsp3) is 0.600. The lowest BCUT2D eigenvalue weighted by atomic mass is 9.99. The molecule has 4 N–H and O–H groups in total. The molecule has 1 aliphatic heterocycles. The molecule has 1 aliphatic rings. The van der Waals surface area contributed by atoms with E-state index < -0.39 is 35.9 Å². The highest BCUT2D eigenvalue weighted by atomic mass is 35.5. The Morgan fingerprint density at radius 2 is 2.42 bits per heavy atom. The number of hydrogen-bond acceptors (Lipinski definition) is 6. The van der Waals surface area contributed by atoms with Crippen molar-refractivity contribution in [3.8, 4) is 0 Å². The molecule has 0 radical (unpaired) electrons. The molecule has 2 heterocycles. The van der Waals surface area contributed by atoms with Gasteiger partial charge in [-0.2, -0.15) is 4.98 Å². The molecule has 0 bridgehead atoms. The van der Waals surface area contributed by atoms with Crippen LogP contribution in [0.2, 0.25) is 0 Å². The second kappa shape index (κ2) is 4.71. The molecule has 3 atom stereocenters. The zero-order valence-corrected chi connectivity index (χ0v) is 10.5. The van der Waals surface area contributed by atoms with Gasteiger partial charge in [0, 0.05) is 12.6 Å². The molecule has 0 spiro atoms. The summed E-state index contributed by atoms with van der Waals surface area (Å²) < 4.78 is 19.3. The first kappa shape index (κ1) is 14.2. The molecule has 0 aliphatic carbocycles. The number of aromatic nitrogens is 2. The number of hydrogen-bond donors (Lipinski definition) is 3. The van der Waals surface area contributed by atoms with Crippen LogP contribution in [-0.4, -0.2) is 43.7 Å². The number of rotatable bonds is 3. The van der Waals surface area contributed by atoms with Crippen molar-refractivity contribution in [2.45, 2.75) is 23.3 Å². The summed E-state index contributed by atoms with van der Waals surface area (Å²) in [4.78, 5) is 15.1. The number of nitrogens with zero attached hydrogens (tertiary/aromatic N) is 2. The van der Waals surface area contributed by atoms with Crippen molar-refractivity contribution in [2.24, 2.45) is 0 Å². The van der Waals surface area contributed by atoms with Crippen molar-refractivity contribution in [1.29, 1.82) is 0 Å². The third kappa shape index (κ3) is 2.20. The third-order valence-electron chi connectivity index (χ3n) is 3.14. The van der Waals surface area contributed by atoms with Crippen molar-refractivity contribution in [3.05, 3.63) is 22.7 Å². The van der Waals surface area contributed by atoms with Crippen LogP contribution in [0.4, 0.5) is 10.2 Å². The van der Waals surface area contributed by atoms with Crippen LogP contribution >= 0.6 is 11.6 Å². The van der Waals surface area contributed by atoms with Gasteiger partial charge in [-0.3, -0.25) is 4.57 Å². The Labute approximate surface area is 112 Å². The maximum Gasteiger partial charge on any atom is 0.351 e. The summed E-state index contributed by atoms with van der Waals surface area (Å²) in [7, 11) is 0.